The van der Waals surface area contributed by atoms with E-state index >= 15 is 0 Å². The number of halogens is 2. The highest BCUT2D eigenvalue weighted by atomic mass is 35.5. The molecule has 3 aromatic carbocycles. The Bertz CT molecular complexity index is 1390. The van der Waals surface area contributed by atoms with Gasteiger partial charge in [0.05, 0.1) is 10.6 Å². The minimum absolute atomic E-state index is 0.0441. The largest absolute Gasteiger partial charge is 0.396 e. The van der Waals surface area contributed by atoms with Crippen LogP contribution in [0.25, 0.3) is 0 Å². The molecule has 0 spiro atoms. The molecule has 0 aliphatic heterocycles. The van der Waals surface area contributed by atoms with E-state index in [2.05, 4.69) is 5.32 Å². The molecule has 0 bridgehead atoms. The van der Waals surface area contributed by atoms with Gasteiger partial charge in [-0.1, -0.05) is 29.8 Å². The van der Waals surface area contributed by atoms with Gasteiger partial charge in [0.15, 0.2) is 0 Å². The number of nitrogen functional groups attached to an aromatic ring is 1. The monoisotopic (exact) mass is 486 g/mol. The molecule has 162 valence electrons. The summed E-state index contributed by atoms with van der Waals surface area (Å²) in [6.07, 6.45) is 0. The molecule has 0 unspecified atom stereocenters. The van der Waals surface area contributed by atoms with Crippen LogP contribution in [0.4, 0.5) is 20.8 Å². The van der Waals surface area contributed by atoms with Crippen LogP contribution in [0.3, 0.4) is 0 Å². The van der Waals surface area contributed by atoms with Gasteiger partial charge in [-0.25, -0.2) is 12.8 Å². The molecular formula is C23H16ClFN2O3S2. The first-order valence-corrected chi connectivity index (χ1v) is 12.0. The predicted octanol–water partition coefficient (Wildman–Crippen LogP) is 5.93. The van der Waals surface area contributed by atoms with Crippen molar-refractivity contribution in [2.45, 2.75) is 9.79 Å². The Morgan fingerprint density at radius 2 is 1.56 bits per heavy atom. The highest BCUT2D eigenvalue weighted by molar-refractivity contribution is 7.92. The molecule has 5 nitrogen and oxygen atoms in total. The average Bonchev–Trinajstić information content (AvgIpc) is 3.12. The summed E-state index contributed by atoms with van der Waals surface area (Å²) >= 11 is 6.86. The van der Waals surface area contributed by atoms with Gasteiger partial charge in [-0.05, 0) is 60.7 Å². The lowest BCUT2D eigenvalue weighted by Gasteiger charge is -2.09. The summed E-state index contributed by atoms with van der Waals surface area (Å²) in [5, 5.41) is 3.75. The van der Waals surface area contributed by atoms with Crippen LogP contribution in [0.2, 0.25) is 5.02 Å². The Morgan fingerprint density at radius 3 is 2.19 bits per heavy atom. The van der Waals surface area contributed by atoms with Crippen LogP contribution in [0.5, 0.6) is 0 Å². The van der Waals surface area contributed by atoms with Gasteiger partial charge in [0.25, 0.3) is 0 Å². The van der Waals surface area contributed by atoms with Crippen molar-refractivity contribution in [2.24, 2.45) is 0 Å². The highest BCUT2D eigenvalue weighted by Crippen LogP contribution is 2.44. The van der Waals surface area contributed by atoms with E-state index in [0.717, 1.165) is 23.5 Å². The van der Waals surface area contributed by atoms with E-state index in [1.807, 2.05) is 0 Å². The van der Waals surface area contributed by atoms with Gasteiger partial charge in [-0.3, -0.25) is 4.79 Å². The standard InChI is InChI=1S/C23H16ClFN2O3S2/c24-15-8-12-17(13-9-15)27-23-22(32(29,30)18-4-2-1-3-5-18)19(26)21(31-23)20(28)14-6-10-16(25)11-7-14/h1-13,27H,26H2. The van der Waals surface area contributed by atoms with Crippen molar-refractivity contribution in [1.29, 1.82) is 0 Å². The molecule has 0 aliphatic rings. The number of ketones is 1. The van der Waals surface area contributed by atoms with Crippen LogP contribution in [0, 0.1) is 5.82 Å². The summed E-state index contributed by atoms with van der Waals surface area (Å²) in [5.74, 6) is -0.987. The van der Waals surface area contributed by atoms with E-state index in [-0.39, 0.29) is 30.9 Å². The Kier molecular flexibility index (Phi) is 6.01. The smallest absolute Gasteiger partial charge is 0.211 e. The third-order valence-electron chi connectivity index (χ3n) is 4.64. The molecule has 0 amide bonds. The second-order valence-electron chi connectivity index (χ2n) is 6.79. The van der Waals surface area contributed by atoms with E-state index in [9.17, 15) is 17.6 Å². The number of nitrogens with one attached hydrogen (secondary N) is 1. The van der Waals surface area contributed by atoms with Crippen LogP contribution in [0.1, 0.15) is 15.2 Å². The Balaban J connectivity index is 1.87. The van der Waals surface area contributed by atoms with Crippen LogP contribution < -0.4 is 11.1 Å². The molecule has 3 N–H and O–H groups in total. The van der Waals surface area contributed by atoms with Crippen LogP contribution in [-0.2, 0) is 9.84 Å². The molecule has 1 aromatic heterocycles. The van der Waals surface area contributed by atoms with Crippen molar-refractivity contribution >= 4 is 54.9 Å². The fraction of sp³-hybridized carbons (Fsp3) is 0. The first-order chi connectivity index (χ1) is 15.3. The lowest BCUT2D eigenvalue weighted by atomic mass is 10.1. The zero-order valence-corrected chi connectivity index (χ0v) is 18.8. The molecule has 0 radical (unpaired) electrons. The zero-order valence-electron chi connectivity index (χ0n) is 16.4. The van der Waals surface area contributed by atoms with Crippen LogP contribution in [-0.4, -0.2) is 14.2 Å². The molecule has 4 rings (SSSR count). The average molecular weight is 487 g/mol. The van der Waals surface area contributed by atoms with E-state index in [1.54, 1.807) is 42.5 Å². The number of benzene rings is 3. The van der Waals surface area contributed by atoms with Crippen LogP contribution >= 0.6 is 22.9 Å². The van der Waals surface area contributed by atoms with Gasteiger partial charge in [0, 0.05) is 16.3 Å². The lowest BCUT2D eigenvalue weighted by Crippen LogP contribution is -2.08. The SMILES string of the molecule is Nc1c(C(=O)c2ccc(F)cc2)sc(Nc2ccc(Cl)cc2)c1S(=O)(=O)c1ccccc1. The molecule has 4 aromatic rings. The predicted molar refractivity (Wildman–Crippen MR) is 125 cm³/mol. The normalized spacial score (nSPS) is 11.3. The van der Waals surface area contributed by atoms with E-state index in [4.69, 9.17) is 17.3 Å². The topological polar surface area (TPSA) is 89.3 Å². The number of hydrogen-bond donors (Lipinski definition) is 2. The molecule has 0 fully saturated rings. The summed E-state index contributed by atoms with van der Waals surface area (Å²) in [4.78, 5) is 13.0. The van der Waals surface area contributed by atoms with Gasteiger partial charge in [-0.15, -0.1) is 11.3 Å². The maximum atomic E-state index is 13.4. The Morgan fingerprint density at radius 1 is 0.938 bits per heavy atom. The number of anilines is 3. The molecule has 0 saturated heterocycles. The first-order valence-electron chi connectivity index (χ1n) is 9.32. The minimum atomic E-state index is -4.05. The number of sulfone groups is 1. The highest BCUT2D eigenvalue weighted by Gasteiger charge is 2.31. The van der Waals surface area contributed by atoms with E-state index < -0.39 is 21.4 Å². The summed E-state index contributed by atoms with van der Waals surface area (Å²) in [6, 6.07) is 19.5. The second kappa shape index (κ2) is 8.74. The maximum Gasteiger partial charge on any atom is 0.211 e. The van der Waals surface area contributed by atoms with Gasteiger partial charge < -0.3 is 11.1 Å². The maximum absolute atomic E-state index is 13.4. The fourth-order valence-electron chi connectivity index (χ4n) is 3.06. The lowest BCUT2D eigenvalue weighted by molar-refractivity contribution is 0.104. The van der Waals surface area contributed by atoms with Crippen molar-refractivity contribution in [3.05, 3.63) is 100 Å². The third kappa shape index (κ3) is 4.25. The molecule has 0 aliphatic carbocycles. The van der Waals surface area contributed by atoms with Crippen molar-refractivity contribution in [2.75, 3.05) is 11.1 Å². The molecule has 32 heavy (non-hydrogen) atoms. The Labute approximate surface area is 193 Å². The number of hydrogen-bond acceptors (Lipinski definition) is 6. The Hall–Kier alpha value is -3.20. The zero-order chi connectivity index (χ0) is 22.9. The fourth-order valence-corrected chi connectivity index (χ4v) is 6.14. The van der Waals surface area contributed by atoms with Gasteiger partial charge >= 0.3 is 0 Å². The minimum Gasteiger partial charge on any atom is -0.396 e. The molecule has 1 heterocycles. The van der Waals surface area contributed by atoms with Crippen molar-refractivity contribution < 1.29 is 17.6 Å². The number of carbonyl (C=O) groups is 1. The molecule has 0 atom stereocenters. The van der Waals surface area contributed by atoms with Crippen molar-refractivity contribution in [3.8, 4) is 0 Å². The summed E-state index contributed by atoms with van der Waals surface area (Å²) in [7, 11) is -4.05. The third-order valence-corrected chi connectivity index (χ3v) is 7.99. The van der Waals surface area contributed by atoms with Gasteiger partial charge in [-0.2, -0.15) is 0 Å². The quantitative estimate of drug-likeness (QED) is 0.330. The molecular weight excluding hydrogens is 471 g/mol. The summed E-state index contributed by atoms with van der Waals surface area (Å²) in [5.41, 5.74) is 6.85. The van der Waals surface area contributed by atoms with E-state index in [1.165, 1.54) is 24.3 Å². The number of carbonyl (C=O) groups excluding carboxylic acids is 1. The molecule has 9 heteroatoms. The number of nitrogens with two attached hydrogens (primary N) is 1. The molecule has 0 saturated carbocycles. The van der Waals surface area contributed by atoms with Gasteiger partial charge in [0.2, 0.25) is 15.6 Å². The summed E-state index contributed by atoms with van der Waals surface area (Å²) in [6.45, 7) is 0. The van der Waals surface area contributed by atoms with E-state index in [0.29, 0.717) is 10.7 Å². The van der Waals surface area contributed by atoms with Gasteiger partial charge in [0.1, 0.15) is 20.6 Å². The van der Waals surface area contributed by atoms with Crippen molar-refractivity contribution in [3.63, 3.8) is 0 Å². The van der Waals surface area contributed by atoms with Crippen LogP contribution in [0.15, 0.2) is 88.7 Å². The second-order valence-corrected chi connectivity index (χ2v) is 10.1. The number of thiophene rings is 1. The number of rotatable bonds is 6. The summed E-state index contributed by atoms with van der Waals surface area (Å²) < 4.78 is 40.2. The first kappa shape index (κ1) is 22.0. The van der Waals surface area contributed by atoms with Crippen molar-refractivity contribution in [1.82, 2.24) is 0 Å².